The Morgan fingerprint density at radius 2 is 1.79 bits per heavy atom. The Labute approximate surface area is 194 Å². The van der Waals surface area contributed by atoms with Crippen LogP contribution in [0, 0.1) is 11.3 Å². The van der Waals surface area contributed by atoms with Crippen molar-refractivity contribution in [1.29, 1.82) is 5.26 Å². The number of carbonyl (C=O) groups is 2. The number of rotatable bonds is 8. The number of hydrogen-bond donors (Lipinski definition) is 1. The first-order chi connectivity index (χ1) is 15.8. The molecule has 0 atom stereocenters. The fraction of sp³-hybridized carbons (Fsp3) is 0.375. The topological polar surface area (TPSA) is 117 Å². The van der Waals surface area contributed by atoms with Crippen molar-refractivity contribution in [2.75, 3.05) is 13.7 Å². The van der Waals surface area contributed by atoms with Crippen LogP contribution in [0.15, 0.2) is 59.5 Å². The number of nitrogens with one attached hydrogen (secondary N) is 1. The van der Waals surface area contributed by atoms with E-state index in [1.54, 1.807) is 19.2 Å². The quantitative estimate of drug-likeness (QED) is 0.594. The number of sulfonamides is 1. The van der Waals surface area contributed by atoms with Crippen molar-refractivity contribution in [2.45, 2.75) is 49.1 Å². The van der Waals surface area contributed by atoms with Crippen LogP contribution in [-0.4, -0.2) is 44.4 Å². The van der Waals surface area contributed by atoms with Crippen LogP contribution in [0.25, 0.3) is 0 Å². The molecule has 1 aliphatic carbocycles. The summed E-state index contributed by atoms with van der Waals surface area (Å²) in [5.41, 5.74) is -0.0618. The van der Waals surface area contributed by atoms with E-state index >= 15 is 0 Å². The van der Waals surface area contributed by atoms with Gasteiger partial charge in [0.2, 0.25) is 10.0 Å². The van der Waals surface area contributed by atoms with E-state index in [4.69, 9.17) is 4.74 Å². The number of nitrogens with zero attached hydrogens (tertiary/aromatic N) is 2. The summed E-state index contributed by atoms with van der Waals surface area (Å²) in [5.74, 6) is -1.29. The minimum absolute atomic E-state index is 0.0145. The molecule has 3 rings (SSSR count). The van der Waals surface area contributed by atoms with E-state index in [9.17, 15) is 23.3 Å². The largest absolute Gasteiger partial charge is 0.452 e. The molecule has 8 nitrogen and oxygen atoms in total. The average Bonchev–Trinajstić information content (AvgIpc) is 2.86. The molecule has 1 N–H and O–H groups in total. The van der Waals surface area contributed by atoms with Crippen molar-refractivity contribution in [3.05, 3.63) is 65.7 Å². The highest BCUT2D eigenvalue weighted by molar-refractivity contribution is 7.89. The van der Waals surface area contributed by atoms with Crippen LogP contribution in [0.5, 0.6) is 0 Å². The zero-order valence-electron chi connectivity index (χ0n) is 18.5. The zero-order valence-corrected chi connectivity index (χ0v) is 19.3. The molecule has 0 aromatic heterocycles. The summed E-state index contributed by atoms with van der Waals surface area (Å²) in [6.45, 7) is -0.415. The molecule has 1 saturated carbocycles. The predicted molar refractivity (Wildman–Crippen MR) is 121 cm³/mol. The number of esters is 1. The van der Waals surface area contributed by atoms with E-state index in [2.05, 4.69) is 10.8 Å². The molecule has 174 valence electrons. The molecule has 0 heterocycles. The van der Waals surface area contributed by atoms with Crippen LogP contribution in [-0.2, 0) is 26.1 Å². The number of ether oxygens (including phenoxy) is 1. The molecule has 2 aromatic rings. The number of benzene rings is 2. The first-order valence-electron chi connectivity index (χ1n) is 10.8. The summed E-state index contributed by atoms with van der Waals surface area (Å²) < 4.78 is 32.9. The smallest absolute Gasteiger partial charge is 0.338 e. The number of likely N-dealkylation sites (N-methyl/N-ethyl adjacent to an activating group) is 1. The second-order valence-corrected chi connectivity index (χ2v) is 9.84. The van der Waals surface area contributed by atoms with E-state index in [0.29, 0.717) is 12.8 Å². The van der Waals surface area contributed by atoms with Crippen molar-refractivity contribution in [3.8, 4) is 6.07 Å². The summed E-state index contributed by atoms with van der Waals surface area (Å²) in [4.78, 5) is 26.4. The van der Waals surface area contributed by atoms with E-state index in [1.165, 1.54) is 29.2 Å². The first-order valence-corrected chi connectivity index (χ1v) is 12.2. The van der Waals surface area contributed by atoms with Crippen molar-refractivity contribution in [1.82, 2.24) is 9.62 Å². The molecule has 0 spiro atoms. The molecular weight excluding hydrogens is 442 g/mol. The fourth-order valence-electron chi connectivity index (χ4n) is 3.85. The van der Waals surface area contributed by atoms with Crippen molar-refractivity contribution in [3.63, 3.8) is 0 Å². The van der Waals surface area contributed by atoms with Gasteiger partial charge in [0.25, 0.3) is 5.91 Å². The van der Waals surface area contributed by atoms with E-state index in [1.807, 2.05) is 18.2 Å². The molecule has 0 unspecified atom stereocenters. The average molecular weight is 470 g/mol. The molecule has 1 fully saturated rings. The Hall–Kier alpha value is -3.22. The molecule has 33 heavy (non-hydrogen) atoms. The summed E-state index contributed by atoms with van der Waals surface area (Å²) in [6, 6.07) is 16.8. The predicted octanol–water partition coefficient (Wildman–Crippen LogP) is 3.01. The van der Waals surface area contributed by atoms with Gasteiger partial charge in [-0.1, -0.05) is 55.7 Å². The monoisotopic (exact) mass is 469 g/mol. The number of nitriles is 1. The Bertz CT molecular complexity index is 1140. The van der Waals surface area contributed by atoms with Gasteiger partial charge >= 0.3 is 5.97 Å². The SMILES string of the molecule is CN(C(=O)COC(=O)c1cccc(S(=O)(=O)NCc2ccccc2)c1)C1(C#N)CCCCC1. The van der Waals surface area contributed by atoms with Gasteiger partial charge in [0.05, 0.1) is 16.5 Å². The standard InChI is InChI=1S/C24H27N3O5S/c1-27(24(18-25)13-6-3-7-14-24)22(28)17-32-23(29)20-11-8-12-21(15-20)33(30,31)26-16-19-9-4-2-5-10-19/h2,4-5,8-12,15,26H,3,6-7,13-14,16-17H2,1H3. The number of carbonyl (C=O) groups excluding carboxylic acids is 2. The highest BCUT2D eigenvalue weighted by Crippen LogP contribution is 2.32. The van der Waals surface area contributed by atoms with Crippen LogP contribution in [0.4, 0.5) is 0 Å². The molecule has 2 aromatic carbocycles. The molecule has 0 aliphatic heterocycles. The lowest BCUT2D eigenvalue weighted by Gasteiger charge is -2.38. The van der Waals surface area contributed by atoms with Gasteiger partial charge in [-0.2, -0.15) is 5.26 Å². The maximum absolute atomic E-state index is 12.6. The van der Waals surface area contributed by atoms with E-state index in [0.717, 1.165) is 24.8 Å². The molecule has 0 bridgehead atoms. The van der Waals surface area contributed by atoms with Gasteiger partial charge in [-0.3, -0.25) is 4.79 Å². The molecule has 9 heteroatoms. The molecule has 0 radical (unpaired) electrons. The molecule has 1 aliphatic rings. The Morgan fingerprint density at radius 1 is 1.09 bits per heavy atom. The third-order valence-electron chi connectivity index (χ3n) is 5.92. The van der Waals surface area contributed by atoms with Gasteiger partial charge in [-0.05, 0) is 36.6 Å². The fourth-order valence-corrected chi connectivity index (χ4v) is 4.92. The summed E-state index contributed by atoms with van der Waals surface area (Å²) in [7, 11) is -2.30. The maximum atomic E-state index is 12.6. The van der Waals surface area contributed by atoms with Gasteiger partial charge < -0.3 is 9.64 Å². The highest BCUT2D eigenvalue weighted by Gasteiger charge is 2.39. The second kappa shape index (κ2) is 10.6. The summed E-state index contributed by atoms with van der Waals surface area (Å²) in [5, 5.41) is 9.63. The van der Waals surface area contributed by atoms with Crippen LogP contribution < -0.4 is 4.72 Å². The van der Waals surface area contributed by atoms with Crippen LogP contribution in [0.2, 0.25) is 0 Å². The summed E-state index contributed by atoms with van der Waals surface area (Å²) in [6.07, 6.45) is 3.94. The number of amides is 1. The molecule has 1 amide bonds. The second-order valence-electron chi connectivity index (χ2n) is 8.07. The lowest BCUT2D eigenvalue weighted by atomic mass is 9.81. The third kappa shape index (κ3) is 5.97. The molecule has 0 saturated heterocycles. The van der Waals surface area contributed by atoms with E-state index in [-0.39, 0.29) is 17.0 Å². The van der Waals surface area contributed by atoms with Gasteiger partial charge in [0, 0.05) is 13.6 Å². The van der Waals surface area contributed by atoms with Crippen molar-refractivity contribution >= 4 is 21.9 Å². The molecular formula is C24H27N3O5S. The lowest BCUT2D eigenvalue weighted by Crippen LogP contribution is -2.51. The highest BCUT2D eigenvalue weighted by atomic mass is 32.2. The lowest BCUT2D eigenvalue weighted by molar-refractivity contribution is -0.138. The van der Waals surface area contributed by atoms with Gasteiger partial charge in [0.15, 0.2) is 6.61 Å². The Balaban J connectivity index is 1.62. The Kier molecular flexibility index (Phi) is 7.84. The van der Waals surface area contributed by atoms with Gasteiger partial charge in [-0.25, -0.2) is 17.9 Å². The number of hydrogen-bond acceptors (Lipinski definition) is 6. The Morgan fingerprint density at radius 3 is 2.45 bits per heavy atom. The minimum atomic E-state index is -3.85. The normalized spacial score (nSPS) is 15.3. The van der Waals surface area contributed by atoms with Crippen LogP contribution in [0.1, 0.15) is 48.0 Å². The summed E-state index contributed by atoms with van der Waals surface area (Å²) >= 11 is 0. The van der Waals surface area contributed by atoms with Crippen molar-refractivity contribution < 1.29 is 22.7 Å². The van der Waals surface area contributed by atoms with Gasteiger partial charge in [-0.15, -0.1) is 0 Å². The maximum Gasteiger partial charge on any atom is 0.338 e. The van der Waals surface area contributed by atoms with Gasteiger partial charge in [0.1, 0.15) is 5.54 Å². The zero-order chi connectivity index (χ0) is 23.9. The minimum Gasteiger partial charge on any atom is -0.452 e. The first kappa shape index (κ1) is 24.4. The van der Waals surface area contributed by atoms with Crippen LogP contribution >= 0.6 is 0 Å². The third-order valence-corrected chi connectivity index (χ3v) is 7.32. The van der Waals surface area contributed by atoms with Crippen molar-refractivity contribution in [2.24, 2.45) is 0 Å². The van der Waals surface area contributed by atoms with Crippen LogP contribution in [0.3, 0.4) is 0 Å². The van der Waals surface area contributed by atoms with E-state index < -0.39 is 34.0 Å².